The van der Waals surface area contributed by atoms with E-state index in [1.54, 1.807) is 13.1 Å². The summed E-state index contributed by atoms with van der Waals surface area (Å²) in [5.74, 6) is 1.17. The van der Waals surface area contributed by atoms with Gasteiger partial charge >= 0.3 is 0 Å². The predicted molar refractivity (Wildman–Crippen MR) is 62.8 cm³/mol. The lowest BCUT2D eigenvalue weighted by molar-refractivity contribution is -0.688. The number of aliphatic hydroxyl groups is 1. The van der Waals surface area contributed by atoms with Crippen molar-refractivity contribution in [1.82, 2.24) is 9.97 Å². The van der Waals surface area contributed by atoms with Crippen LogP contribution in [0.25, 0.3) is 0 Å². The average molecular weight is 231 g/mol. The summed E-state index contributed by atoms with van der Waals surface area (Å²) >= 11 is 0. The van der Waals surface area contributed by atoms with Crippen molar-refractivity contribution in [2.75, 3.05) is 5.73 Å². The minimum Gasteiger partial charge on any atom is -0.391 e. The molecule has 3 N–H and O–H groups in total. The van der Waals surface area contributed by atoms with E-state index in [4.69, 9.17) is 10.8 Å². The van der Waals surface area contributed by atoms with Gasteiger partial charge in [-0.15, -0.1) is 0 Å². The highest BCUT2D eigenvalue weighted by atomic mass is 16.3. The van der Waals surface area contributed by atoms with Crippen LogP contribution in [0.1, 0.15) is 17.0 Å². The minimum absolute atomic E-state index is 0.0285. The number of hydrogen-bond donors (Lipinski definition) is 2. The van der Waals surface area contributed by atoms with Crippen LogP contribution in [-0.2, 0) is 13.2 Å². The molecule has 0 unspecified atom stereocenters. The second-order valence-corrected chi connectivity index (χ2v) is 3.87. The van der Waals surface area contributed by atoms with Gasteiger partial charge in [-0.25, -0.2) is 14.5 Å². The third-order valence-corrected chi connectivity index (χ3v) is 2.47. The first kappa shape index (κ1) is 11.5. The van der Waals surface area contributed by atoms with Crippen molar-refractivity contribution >= 4 is 5.82 Å². The number of hydrogen-bond acceptors (Lipinski definition) is 4. The molecule has 0 aliphatic heterocycles. The van der Waals surface area contributed by atoms with Gasteiger partial charge in [-0.2, -0.15) is 0 Å². The Hall–Kier alpha value is -2.01. The fraction of sp³-hybridized carbons (Fsp3) is 0.250. The molecule has 5 nitrogen and oxygen atoms in total. The molecule has 0 aromatic carbocycles. The van der Waals surface area contributed by atoms with Crippen LogP contribution in [0.15, 0.2) is 30.7 Å². The zero-order valence-corrected chi connectivity index (χ0v) is 9.67. The molecule has 17 heavy (non-hydrogen) atoms. The normalized spacial score (nSPS) is 10.5. The zero-order valence-electron chi connectivity index (χ0n) is 9.67. The molecular weight excluding hydrogens is 216 g/mol. The van der Waals surface area contributed by atoms with E-state index in [0.29, 0.717) is 18.2 Å². The molecule has 5 heteroatoms. The van der Waals surface area contributed by atoms with Crippen LogP contribution in [-0.4, -0.2) is 15.1 Å². The van der Waals surface area contributed by atoms with Crippen molar-refractivity contribution in [3.8, 4) is 0 Å². The number of nitrogens with zero attached hydrogens (tertiary/aromatic N) is 3. The Balaban J connectivity index is 2.25. The van der Waals surface area contributed by atoms with E-state index in [9.17, 15) is 0 Å². The number of aliphatic hydroxyl groups excluding tert-OH is 1. The lowest BCUT2D eigenvalue weighted by Gasteiger charge is -2.02. The third-order valence-electron chi connectivity index (χ3n) is 2.47. The van der Waals surface area contributed by atoms with Crippen LogP contribution in [0.4, 0.5) is 5.82 Å². The molecule has 0 saturated heterocycles. The van der Waals surface area contributed by atoms with Gasteiger partial charge in [0.05, 0.1) is 12.2 Å². The highest BCUT2D eigenvalue weighted by Gasteiger charge is 2.08. The zero-order chi connectivity index (χ0) is 12.3. The van der Waals surface area contributed by atoms with Gasteiger partial charge in [0.2, 0.25) is 0 Å². The van der Waals surface area contributed by atoms with Crippen molar-refractivity contribution in [3.05, 3.63) is 47.7 Å². The largest absolute Gasteiger partial charge is 0.391 e. The fourth-order valence-corrected chi connectivity index (χ4v) is 1.60. The number of anilines is 1. The summed E-state index contributed by atoms with van der Waals surface area (Å²) in [4.78, 5) is 8.24. The molecule has 0 atom stereocenters. The van der Waals surface area contributed by atoms with Crippen molar-refractivity contribution in [2.45, 2.75) is 20.1 Å². The topological polar surface area (TPSA) is 75.9 Å². The number of pyridine rings is 1. The Labute approximate surface area is 99.6 Å². The average Bonchev–Trinajstić information content (AvgIpc) is 2.33. The van der Waals surface area contributed by atoms with Gasteiger partial charge in [-0.3, -0.25) is 0 Å². The molecule has 2 aromatic heterocycles. The van der Waals surface area contributed by atoms with Crippen molar-refractivity contribution in [3.63, 3.8) is 0 Å². The number of nitrogens with two attached hydrogens (primary N) is 1. The number of nitrogen functional groups attached to an aromatic ring is 1. The maximum atomic E-state index is 9.06. The van der Waals surface area contributed by atoms with Crippen LogP contribution in [0.3, 0.4) is 0 Å². The molecule has 0 saturated carbocycles. The van der Waals surface area contributed by atoms with E-state index in [2.05, 4.69) is 9.97 Å². The van der Waals surface area contributed by atoms with Crippen molar-refractivity contribution in [2.24, 2.45) is 0 Å². The van der Waals surface area contributed by atoms with Gasteiger partial charge in [-0.05, 0) is 13.0 Å². The highest BCUT2D eigenvalue weighted by molar-refractivity contribution is 5.36. The third kappa shape index (κ3) is 2.76. The maximum absolute atomic E-state index is 9.06. The quantitative estimate of drug-likeness (QED) is 0.740. The van der Waals surface area contributed by atoms with Gasteiger partial charge in [0.1, 0.15) is 11.6 Å². The Bertz CT molecular complexity index is 528. The summed E-state index contributed by atoms with van der Waals surface area (Å²) in [5.41, 5.74) is 7.56. The summed E-state index contributed by atoms with van der Waals surface area (Å²) in [6, 6.07) is 3.75. The minimum atomic E-state index is 0.0285. The molecule has 0 radical (unpaired) electrons. The Morgan fingerprint density at radius 2 is 2.29 bits per heavy atom. The molecule has 2 aromatic rings. The summed E-state index contributed by atoms with van der Waals surface area (Å²) in [7, 11) is 0. The lowest BCUT2D eigenvalue weighted by atomic mass is 10.2. The second-order valence-electron chi connectivity index (χ2n) is 3.87. The second kappa shape index (κ2) is 4.88. The van der Waals surface area contributed by atoms with Crippen molar-refractivity contribution < 1.29 is 9.67 Å². The molecule has 0 spiro atoms. The lowest BCUT2D eigenvalue weighted by Crippen LogP contribution is -2.34. The van der Waals surface area contributed by atoms with E-state index in [1.165, 1.54) is 0 Å². The van der Waals surface area contributed by atoms with E-state index in [0.717, 1.165) is 11.1 Å². The van der Waals surface area contributed by atoms with E-state index in [-0.39, 0.29) is 6.61 Å². The van der Waals surface area contributed by atoms with Gasteiger partial charge < -0.3 is 10.8 Å². The summed E-state index contributed by atoms with van der Waals surface area (Å²) < 4.78 is 1.94. The van der Waals surface area contributed by atoms with Crippen LogP contribution < -0.4 is 10.3 Å². The van der Waals surface area contributed by atoms with E-state index in [1.807, 2.05) is 29.1 Å². The smallest absolute Gasteiger partial charge is 0.178 e. The molecule has 88 valence electrons. The number of aromatic nitrogens is 3. The molecule has 0 amide bonds. The Kier molecular flexibility index (Phi) is 3.30. The Morgan fingerprint density at radius 3 is 3.00 bits per heavy atom. The fourth-order valence-electron chi connectivity index (χ4n) is 1.60. The molecule has 0 aliphatic carbocycles. The summed E-state index contributed by atoms with van der Waals surface area (Å²) in [6.45, 7) is 2.43. The van der Waals surface area contributed by atoms with Crippen LogP contribution in [0.2, 0.25) is 0 Å². The highest BCUT2D eigenvalue weighted by Crippen LogP contribution is 2.06. The van der Waals surface area contributed by atoms with E-state index < -0.39 is 0 Å². The Morgan fingerprint density at radius 1 is 1.47 bits per heavy atom. The molecule has 0 aliphatic rings. The van der Waals surface area contributed by atoms with Crippen molar-refractivity contribution in [1.29, 1.82) is 0 Å². The summed E-state index contributed by atoms with van der Waals surface area (Å²) in [5, 5.41) is 9.06. The number of aryl methyl sites for hydroxylation is 1. The molecular formula is C12H15N4O+. The first-order valence-corrected chi connectivity index (χ1v) is 5.36. The van der Waals surface area contributed by atoms with E-state index >= 15 is 0 Å². The maximum Gasteiger partial charge on any atom is 0.178 e. The van der Waals surface area contributed by atoms with Gasteiger partial charge in [0.25, 0.3) is 0 Å². The van der Waals surface area contributed by atoms with Gasteiger partial charge in [-0.1, -0.05) is 0 Å². The molecule has 2 rings (SSSR count). The number of rotatable bonds is 3. The molecule has 2 heterocycles. The van der Waals surface area contributed by atoms with Crippen LogP contribution in [0, 0.1) is 6.92 Å². The summed E-state index contributed by atoms with van der Waals surface area (Å²) in [6.07, 6.45) is 5.52. The standard InChI is InChI=1S/C12H15N4O/c1-9-14-5-11(12(13)15-9)7-16-4-2-3-10(6-16)8-17/h2-6,17H,7-8H2,1H3,(H2,13,14,15)/q+1. The monoisotopic (exact) mass is 231 g/mol. The first-order chi connectivity index (χ1) is 8.19. The molecule has 0 bridgehead atoms. The van der Waals surface area contributed by atoms with Gasteiger partial charge in [0.15, 0.2) is 18.9 Å². The van der Waals surface area contributed by atoms with Crippen LogP contribution >= 0.6 is 0 Å². The SMILES string of the molecule is Cc1ncc(C[n+]2cccc(CO)c2)c(N)n1. The molecule has 0 fully saturated rings. The predicted octanol–water partition coefficient (Wildman–Crippen LogP) is 0.195. The van der Waals surface area contributed by atoms with Crippen LogP contribution in [0.5, 0.6) is 0 Å². The van der Waals surface area contributed by atoms with Gasteiger partial charge in [0, 0.05) is 17.8 Å². The first-order valence-electron chi connectivity index (χ1n) is 5.36.